The van der Waals surface area contributed by atoms with Crippen LogP contribution in [0.3, 0.4) is 0 Å². The quantitative estimate of drug-likeness (QED) is 0.751. The highest BCUT2D eigenvalue weighted by atomic mass is 35.5. The maximum atomic E-state index is 10.5. The summed E-state index contributed by atoms with van der Waals surface area (Å²) in [4.78, 5) is 4.32. The largest absolute Gasteiger partial charge is 0.388 e. The molecular weight excluding hydrogens is 305 g/mol. The fourth-order valence-electron chi connectivity index (χ4n) is 2.42. The Kier molecular flexibility index (Phi) is 4.11. The van der Waals surface area contributed by atoms with E-state index in [-0.39, 0.29) is 0 Å². The topological polar surface area (TPSA) is 33.1 Å². The molecule has 21 heavy (non-hydrogen) atoms. The second-order valence-electron chi connectivity index (χ2n) is 4.87. The van der Waals surface area contributed by atoms with Crippen LogP contribution in [0.15, 0.2) is 54.7 Å². The molecule has 1 aromatic heterocycles. The van der Waals surface area contributed by atoms with Gasteiger partial charge in [-0.15, -0.1) is 0 Å². The molecule has 2 nitrogen and oxygen atoms in total. The molecule has 0 amide bonds. The SMILES string of the molecule is OC(Cc1ccnc2ccccc12)c1cc(Cl)ccc1Cl. The normalized spacial score (nSPS) is 12.5. The molecule has 0 spiro atoms. The van der Waals surface area contributed by atoms with Gasteiger partial charge in [-0.3, -0.25) is 4.98 Å². The van der Waals surface area contributed by atoms with Crippen molar-refractivity contribution in [1.29, 1.82) is 0 Å². The van der Waals surface area contributed by atoms with Crippen molar-refractivity contribution in [3.63, 3.8) is 0 Å². The zero-order valence-electron chi connectivity index (χ0n) is 11.1. The van der Waals surface area contributed by atoms with Crippen LogP contribution < -0.4 is 0 Å². The molecule has 0 radical (unpaired) electrons. The molecule has 0 fully saturated rings. The van der Waals surface area contributed by atoms with Gasteiger partial charge in [-0.05, 0) is 35.9 Å². The number of halogens is 2. The van der Waals surface area contributed by atoms with E-state index in [9.17, 15) is 5.11 Å². The van der Waals surface area contributed by atoms with Crippen LogP contribution in [-0.4, -0.2) is 10.1 Å². The Morgan fingerprint density at radius 3 is 2.71 bits per heavy atom. The molecule has 0 saturated heterocycles. The second-order valence-corrected chi connectivity index (χ2v) is 5.72. The van der Waals surface area contributed by atoms with Crippen LogP contribution in [0.1, 0.15) is 17.2 Å². The van der Waals surface area contributed by atoms with E-state index in [1.54, 1.807) is 24.4 Å². The van der Waals surface area contributed by atoms with Crippen molar-refractivity contribution in [2.75, 3.05) is 0 Å². The molecule has 4 heteroatoms. The standard InChI is InChI=1S/C17H13Cl2NO/c18-12-5-6-15(19)14(10-12)17(21)9-11-7-8-20-16-4-2-1-3-13(11)16/h1-8,10,17,21H,9H2. The summed E-state index contributed by atoms with van der Waals surface area (Å²) in [5.41, 5.74) is 2.59. The van der Waals surface area contributed by atoms with E-state index >= 15 is 0 Å². The van der Waals surface area contributed by atoms with Gasteiger partial charge in [-0.25, -0.2) is 0 Å². The molecule has 1 unspecified atom stereocenters. The highest BCUT2D eigenvalue weighted by Crippen LogP contribution is 2.30. The fourth-order valence-corrected chi connectivity index (χ4v) is 2.85. The Bertz CT molecular complexity index is 783. The zero-order chi connectivity index (χ0) is 14.8. The Morgan fingerprint density at radius 2 is 1.86 bits per heavy atom. The lowest BCUT2D eigenvalue weighted by Gasteiger charge is -2.14. The van der Waals surface area contributed by atoms with E-state index in [0.29, 0.717) is 22.0 Å². The van der Waals surface area contributed by atoms with E-state index in [1.807, 2.05) is 30.3 Å². The Balaban J connectivity index is 1.96. The number of aliphatic hydroxyl groups excluding tert-OH is 1. The lowest BCUT2D eigenvalue weighted by atomic mass is 9.99. The van der Waals surface area contributed by atoms with Crippen LogP contribution in [0.4, 0.5) is 0 Å². The fraction of sp³-hybridized carbons (Fsp3) is 0.118. The van der Waals surface area contributed by atoms with Gasteiger partial charge < -0.3 is 5.11 Å². The van der Waals surface area contributed by atoms with Crippen molar-refractivity contribution >= 4 is 34.1 Å². The van der Waals surface area contributed by atoms with Gasteiger partial charge in [0.05, 0.1) is 11.6 Å². The van der Waals surface area contributed by atoms with Crippen LogP contribution in [-0.2, 0) is 6.42 Å². The molecule has 1 N–H and O–H groups in total. The van der Waals surface area contributed by atoms with Crippen molar-refractivity contribution in [3.8, 4) is 0 Å². The van der Waals surface area contributed by atoms with Crippen molar-refractivity contribution < 1.29 is 5.11 Å². The number of para-hydroxylation sites is 1. The molecule has 106 valence electrons. The van der Waals surface area contributed by atoms with E-state index in [4.69, 9.17) is 23.2 Å². The maximum Gasteiger partial charge on any atom is 0.0845 e. The molecule has 1 heterocycles. The number of benzene rings is 2. The van der Waals surface area contributed by atoms with Crippen LogP contribution in [0.5, 0.6) is 0 Å². The first-order chi connectivity index (χ1) is 10.1. The molecule has 0 aliphatic rings. The summed E-state index contributed by atoms with van der Waals surface area (Å²) in [6.45, 7) is 0. The highest BCUT2D eigenvalue weighted by Gasteiger charge is 2.14. The first kappa shape index (κ1) is 14.3. The van der Waals surface area contributed by atoms with Gasteiger partial charge in [-0.1, -0.05) is 41.4 Å². The Hall–Kier alpha value is -1.61. The number of hydrogen-bond donors (Lipinski definition) is 1. The third-order valence-corrected chi connectivity index (χ3v) is 4.05. The van der Waals surface area contributed by atoms with E-state index in [1.165, 1.54) is 0 Å². The van der Waals surface area contributed by atoms with Gasteiger partial charge in [0, 0.05) is 33.6 Å². The molecule has 0 aliphatic carbocycles. The maximum absolute atomic E-state index is 10.5. The number of pyridine rings is 1. The molecule has 0 aliphatic heterocycles. The minimum atomic E-state index is -0.706. The molecular formula is C17H13Cl2NO. The molecule has 0 bridgehead atoms. The summed E-state index contributed by atoms with van der Waals surface area (Å²) in [5, 5.41) is 12.6. The average molecular weight is 318 g/mol. The van der Waals surface area contributed by atoms with Crippen LogP contribution >= 0.6 is 23.2 Å². The van der Waals surface area contributed by atoms with E-state index in [2.05, 4.69) is 4.98 Å². The molecule has 3 aromatic rings. The van der Waals surface area contributed by atoms with Crippen LogP contribution in [0.25, 0.3) is 10.9 Å². The van der Waals surface area contributed by atoms with Crippen molar-refractivity contribution in [2.45, 2.75) is 12.5 Å². The Labute approximate surface area is 133 Å². The lowest BCUT2D eigenvalue weighted by Crippen LogP contribution is -2.03. The van der Waals surface area contributed by atoms with Crippen molar-refractivity contribution in [1.82, 2.24) is 4.98 Å². The zero-order valence-corrected chi connectivity index (χ0v) is 12.6. The Morgan fingerprint density at radius 1 is 1.05 bits per heavy atom. The van der Waals surface area contributed by atoms with Gasteiger partial charge in [0.25, 0.3) is 0 Å². The average Bonchev–Trinajstić information content (AvgIpc) is 2.50. The van der Waals surface area contributed by atoms with Crippen LogP contribution in [0.2, 0.25) is 10.0 Å². The van der Waals surface area contributed by atoms with Gasteiger partial charge in [0.1, 0.15) is 0 Å². The van der Waals surface area contributed by atoms with Crippen molar-refractivity contribution in [2.24, 2.45) is 0 Å². The molecule has 0 saturated carbocycles. The number of aliphatic hydroxyl groups is 1. The molecule has 3 rings (SSSR count). The molecule has 2 aromatic carbocycles. The van der Waals surface area contributed by atoms with Gasteiger partial charge in [-0.2, -0.15) is 0 Å². The third-order valence-electron chi connectivity index (χ3n) is 3.47. The summed E-state index contributed by atoms with van der Waals surface area (Å²) in [7, 11) is 0. The highest BCUT2D eigenvalue weighted by molar-refractivity contribution is 6.33. The summed E-state index contributed by atoms with van der Waals surface area (Å²) in [6, 6.07) is 14.9. The number of fused-ring (bicyclic) bond motifs is 1. The van der Waals surface area contributed by atoms with Gasteiger partial charge >= 0.3 is 0 Å². The predicted octanol–water partition coefficient (Wildman–Crippen LogP) is 4.82. The number of hydrogen-bond acceptors (Lipinski definition) is 2. The first-order valence-electron chi connectivity index (χ1n) is 6.61. The number of rotatable bonds is 3. The monoisotopic (exact) mass is 317 g/mol. The van der Waals surface area contributed by atoms with Crippen molar-refractivity contribution in [3.05, 3.63) is 75.9 Å². The molecule has 1 atom stereocenters. The van der Waals surface area contributed by atoms with E-state index < -0.39 is 6.10 Å². The van der Waals surface area contributed by atoms with Crippen LogP contribution in [0, 0.1) is 0 Å². The summed E-state index contributed by atoms with van der Waals surface area (Å²) >= 11 is 12.1. The second kappa shape index (κ2) is 6.02. The smallest absolute Gasteiger partial charge is 0.0845 e. The minimum absolute atomic E-state index is 0.461. The predicted molar refractivity (Wildman–Crippen MR) is 86.9 cm³/mol. The third kappa shape index (κ3) is 3.03. The summed E-state index contributed by atoms with van der Waals surface area (Å²) in [5.74, 6) is 0. The number of nitrogens with zero attached hydrogens (tertiary/aromatic N) is 1. The summed E-state index contributed by atoms with van der Waals surface area (Å²) < 4.78 is 0. The van der Waals surface area contributed by atoms with Gasteiger partial charge in [0.15, 0.2) is 0 Å². The lowest BCUT2D eigenvalue weighted by molar-refractivity contribution is 0.179. The van der Waals surface area contributed by atoms with E-state index in [0.717, 1.165) is 16.5 Å². The number of aromatic nitrogens is 1. The van der Waals surface area contributed by atoms with Gasteiger partial charge in [0.2, 0.25) is 0 Å². The minimum Gasteiger partial charge on any atom is -0.388 e. The first-order valence-corrected chi connectivity index (χ1v) is 7.36. The summed E-state index contributed by atoms with van der Waals surface area (Å²) in [6.07, 6.45) is 1.51.